The van der Waals surface area contributed by atoms with Crippen LogP contribution < -0.4 is 5.32 Å². The number of anilines is 1. The number of halogens is 1. The summed E-state index contributed by atoms with van der Waals surface area (Å²) in [7, 11) is 0. The van der Waals surface area contributed by atoms with Gasteiger partial charge in [0.25, 0.3) is 11.8 Å². The molecule has 10 heteroatoms. The Bertz CT molecular complexity index is 1160. The fourth-order valence-corrected chi connectivity index (χ4v) is 3.95. The quantitative estimate of drug-likeness (QED) is 0.431. The van der Waals surface area contributed by atoms with Crippen LogP contribution in [0, 0.1) is 0 Å². The summed E-state index contributed by atoms with van der Waals surface area (Å²) in [6.07, 6.45) is 0.0168. The Morgan fingerprint density at radius 3 is 2.23 bits per heavy atom. The summed E-state index contributed by atoms with van der Waals surface area (Å²) in [5, 5.41) is 11.6. The second-order valence-electron chi connectivity index (χ2n) is 6.72. The average molecular weight is 455 g/mol. The number of amides is 3. The van der Waals surface area contributed by atoms with E-state index in [-0.39, 0.29) is 48.0 Å². The Kier molecular flexibility index (Phi) is 5.88. The fraction of sp³-hybridized carbons (Fsp3) is 0.143. The van der Waals surface area contributed by atoms with E-state index in [2.05, 4.69) is 15.5 Å². The second-order valence-corrected chi connectivity index (χ2v) is 8.22. The highest BCUT2D eigenvalue weighted by atomic mass is 35.5. The summed E-state index contributed by atoms with van der Waals surface area (Å²) in [5.74, 6) is -1.33. The van der Waals surface area contributed by atoms with Crippen LogP contribution in [-0.4, -0.2) is 38.6 Å². The Balaban J connectivity index is 1.31. The van der Waals surface area contributed by atoms with Crippen molar-refractivity contribution in [1.29, 1.82) is 0 Å². The molecule has 0 radical (unpaired) electrons. The minimum atomic E-state index is -0.387. The fourth-order valence-electron chi connectivity index (χ4n) is 3.07. The van der Waals surface area contributed by atoms with Crippen LogP contribution in [0.2, 0.25) is 5.02 Å². The van der Waals surface area contributed by atoms with Crippen molar-refractivity contribution in [1.82, 2.24) is 15.1 Å². The third-order valence-electron chi connectivity index (χ3n) is 4.63. The number of Topliss-reactive ketones (excluding diaryl/α,β-unsaturated/α-hetero) is 1. The molecule has 8 nitrogen and oxygen atoms in total. The van der Waals surface area contributed by atoms with Crippen LogP contribution in [0.4, 0.5) is 5.13 Å². The minimum Gasteiger partial charge on any atom is -0.301 e. The summed E-state index contributed by atoms with van der Waals surface area (Å²) >= 11 is 6.86. The molecule has 0 fully saturated rings. The number of imide groups is 1. The standard InChI is InChI=1S/C21H15ClN4O4S/c22-13-7-5-12(6-8-13)16(27)9-10-17(28)23-21-25-24-18(31-21)11-26-19(29)14-3-1-2-4-15(14)20(26)30/h1-8H,9-11H2,(H,23,25,28). The molecule has 0 atom stereocenters. The van der Waals surface area contributed by atoms with Crippen molar-refractivity contribution in [2.24, 2.45) is 0 Å². The van der Waals surface area contributed by atoms with E-state index in [0.29, 0.717) is 26.7 Å². The molecule has 156 valence electrons. The molecule has 2 heterocycles. The van der Waals surface area contributed by atoms with Gasteiger partial charge in [0, 0.05) is 23.4 Å². The highest BCUT2D eigenvalue weighted by Crippen LogP contribution is 2.26. The number of benzene rings is 2. The average Bonchev–Trinajstić information content (AvgIpc) is 3.31. The summed E-state index contributed by atoms with van der Waals surface area (Å²) in [5.41, 5.74) is 1.20. The highest BCUT2D eigenvalue weighted by molar-refractivity contribution is 7.15. The van der Waals surface area contributed by atoms with E-state index in [1.54, 1.807) is 48.5 Å². The third kappa shape index (κ3) is 4.52. The molecule has 1 N–H and O–H groups in total. The lowest BCUT2D eigenvalue weighted by Crippen LogP contribution is -2.29. The van der Waals surface area contributed by atoms with Crippen molar-refractivity contribution in [3.05, 3.63) is 75.3 Å². The number of aromatic nitrogens is 2. The van der Waals surface area contributed by atoms with Crippen LogP contribution in [0.5, 0.6) is 0 Å². The van der Waals surface area contributed by atoms with Gasteiger partial charge in [-0.05, 0) is 36.4 Å². The summed E-state index contributed by atoms with van der Waals surface area (Å²) in [6.45, 7) is -0.0328. The number of fused-ring (bicyclic) bond motifs is 1. The Morgan fingerprint density at radius 1 is 0.935 bits per heavy atom. The third-order valence-corrected chi connectivity index (χ3v) is 5.71. The van der Waals surface area contributed by atoms with Crippen molar-refractivity contribution < 1.29 is 19.2 Å². The van der Waals surface area contributed by atoms with Gasteiger partial charge in [-0.2, -0.15) is 0 Å². The number of hydrogen-bond acceptors (Lipinski definition) is 7. The van der Waals surface area contributed by atoms with Crippen LogP contribution in [-0.2, 0) is 11.3 Å². The molecule has 0 bridgehead atoms. The Labute approximate surface area is 185 Å². The molecule has 1 aliphatic rings. The van der Waals surface area contributed by atoms with Gasteiger partial charge in [-0.15, -0.1) is 10.2 Å². The summed E-state index contributed by atoms with van der Waals surface area (Å²) in [6, 6.07) is 13.1. The van der Waals surface area contributed by atoms with Crippen LogP contribution in [0.25, 0.3) is 0 Å². The molecule has 0 saturated carbocycles. The number of rotatable bonds is 7. The van der Waals surface area contributed by atoms with Crippen LogP contribution >= 0.6 is 22.9 Å². The first-order chi connectivity index (χ1) is 14.9. The van der Waals surface area contributed by atoms with Gasteiger partial charge >= 0.3 is 0 Å². The lowest BCUT2D eigenvalue weighted by atomic mass is 10.1. The molecule has 3 aromatic rings. The number of carbonyl (C=O) groups excluding carboxylic acids is 4. The molecule has 3 amide bonds. The first kappa shape index (κ1) is 20.8. The molecule has 4 rings (SSSR count). The maximum Gasteiger partial charge on any atom is 0.261 e. The van der Waals surface area contributed by atoms with E-state index >= 15 is 0 Å². The van der Waals surface area contributed by atoms with Crippen LogP contribution in [0.3, 0.4) is 0 Å². The molecule has 31 heavy (non-hydrogen) atoms. The van der Waals surface area contributed by atoms with Gasteiger partial charge in [0.15, 0.2) is 5.78 Å². The first-order valence-electron chi connectivity index (χ1n) is 9.28. The monoisotopic (exact) mass is 454 g/mol. The molecule has 1 aromatic heterocycles. The van der Waals surface area contributed by atoms with E-state index in [0.717, 1.165) is 16.2 Å². The van der Waals surface area contributed by atoms with Gasteiger partial charge in [0.1, 0.15) is 5.01 Å². The number of nitrogens with one attached hydrogen (secondary N) is 1. The van der Waals surface area contributed by atoms with Gasteiger partial charge in [0.2, 0.25) is 11.0 Å². The van der Waals surface area contributed by atoms with Gasteiger partial charge in [0.05, 0.1) is 17.7 Å². The summed E-state index contributed by atoms with van der Waals surface area (Å²) < 4.78 is 0. The topological polar surface area (TPSA) is 109 Å². The molecule has 0 unspecified atom stereocenters. The van der Waals surface area contributed by atoms with Gasteiger partial charge in [-0.3, -0.25) is 24.1 Å². The van der Waals surface area contributed by atoms with Crippen molar-refractivity contribution in [2.75, 3.05) is 5.32 Å². The van der Waals surface area contributed by atoms with E-state index in [9.17, 15) is 19.2 Å². The number of nitrogens with zero attached hydrogens (tertiary/aromatic N) is 3. The van der Waals surface area contributed by atoms with E-state index in [4.69, 9.17) is 11.6 Å². The number of carbonyl (C=O) groups is 4. The predicted molar refractivity (Wildman–Crippen MR) is 114 cm³/mol. The van der Waals surface area contributed by atoms with Crippen LogP contribution in [0.15, 0.2) is 48.5 Å². The van der Waals surface area contributed by atoms with Crippen molar-refractivity contribution >= 4 is 51.6 Å². The maximum atomic E-state index is 12.4. The van der Waals surface area contributed by atoms with Gasteiger partial charge in [-0.1, -0.05) is 35.1 Å². The van der Waals surface area contributed by atoms with Crippen molar-refractivity contribution in [3.8, 4) is 0 Å². The number of hydrogen-bond donors (Lipinski definition) is 1. The maximum absolute atomic E-state index is 12.4. The zero-order valence-corrected chi connectivity index (χ0v) is 17.6. The molecule has 0 saturated heterocycles. The van der Waals surface area contributed by atoms with E-state index in [1.807, 2.05) is 0 Å². The van der Waals surface area contributed by atoms with Crippen LogP contribution in [0.1, 0.15) is 48.9 Å². The van der Waals surface area contributed by atoms with E-state index in [1.165, 1.54) is 0 Å². The largest absolute Gasteiger partial charge is 0.301 e. The molecule has 2 aromatic carbocycles. The molecular weight excluding hydrogens is 440 g/mol. The molecule has 1 aliphatic heterocycles. The smallest absolute Gasteiger partial charge is 0.261 e. The number of ketones is 1. The lowest BCUT2D eigenvalue weighted by Gasteiger charge is -2.10. The molecule has 0 spiro atoms. The predicted octanol–water partition coefficient (Wildman–Crippen LogP) is 3.59. The normalized spacial score (nSPS) is 12.7. The first-order valence-corrected chi connectivity index (χ1v) is 10.5. The van der Waals surface area contributed by atoms with Gasteiger partial charge < -0.3 is 5.32 Å². The Morgan fingerprint density at radius 2 is 1.58 bits per heavy atom. The zero-order valence-electron chi connectivity index (χ0n) is 16.0. The highest BCUT2D eigenvalue weighted by Gasteiger charge is 2.35. The molecule has 0 aliphatic carbocycles. The SMILES string of the molecule is O=C(CCC(=O)c1ccc(Cl)cc1)Nc1nnc(CN2C(=O)c3ccccc3C2=O)s1. The van der Waals surface area contributed by atoms with Crippen molar-refractivity contribution in [2.45, 2.75) is 19.4 Å². The molecular formula is C21H15ClN4O4S. The lowest BCUT2D eigenvalue weighted by molar-refractivity contribution is -0.116. The second kappa shape index (κ2) is 8.75. The minimum absolute atomic E-state index is 0.0191. The zero-order chi connectivity index (χ0) is 22.0. The van der Waals surface area contributed by atoms with Gasteiger partial charge in [-0.25, -0.2) is 0 Å². The summed E-state index contributed by atoms with van der Waals surface area (Å²) in [4.78, 5) is 50.3. The van der Waals surface area contributed by atoms with E-state index < -0.39 is 0 Å². The van der Waals surface area contributed by atoms with Crippen molar-refractivity contribution in [3.63, 3.8) is 0 Å². The Hall–Kier alpha value is -3.43.